The van der Waals surface area contributed by atoms with E-state index in [0.717, 1.165) is 32.5 Å². The van der Waals surface area contributed by atoms with Crippen molar-refractivity contribution in [3.05, 3.63) is 24.3 Å². The predicted molar refractivity (Wildman–Crippen MR) is 81.2 cm³/mol. The summed E-state index contributed by atoms with van der Waals surface area (Å²) in [7, 11) is 0. The average Bonchev–Trinajstić information content (AvgIpc) is 3.05. The number of carbonyl (C=O) groups excluding carboxylic acids is 1. The normalized spacial score (nSPS) is 22.5. The largest absolute Gasteiger partial charge is 0.461 e. The van der Waals surface area contributed by atoms with Gasteiger partial charge in [0.1, 0.15) is 0 Å². The smallest absolute Gasteiger partial charge is 0.241 e. The molecule has 3 heterocycles. The van der Waals surface area contributed by atoms with E-state index in [4.69, 9.17) is 8.94 Å². The highest BCUT2D eigenvalue weighted by Crippen LogP contribution is 2.32. The van der Waals surface area contributed by atoms with Crippen molar-refractivity contribution in [2.75, 3.05) is 19.6 Å². The number of nitrogens with zero attached hydrogens (tertiary/aromatic N) is 4. The molecule has 4 rings (SSSR count). The van der Waals surface area contributed by atoms with Crippen molar-refractivity contribution in [1.82, 2.24) is 19.9 Å². The fourth-order valence-corrected chi connectivity index (χ4v) is 3.09. The van der Waals surface area contributed by atoms with Crippen LogP contribution in [0.4, 0.5) is 0 Å². The minimum atomic E-state index is 0.226. The highest BCUT2D eigenvalue weighted by Gasteiger charge is 2.37. The number of aromatic nitrogens is 2. The lowest BCUT2D eigenvalue weighted by molar-refractivity contribution is -0.137. The molecule has 1 aliphatic heterocycles. The molecule has 23 heavy (non-hydrogen) atoms. The van der Waals surface area contributed by atoms with Crippen molar-refractivity contribution < 1.29 is 13.7 Å². The van der Waals surface area contributed by atoms with Gasteiger partial charge in [-0.3, -0.25) is 9.69 Å². The van der Waals surface area contributed by atoms with E-state index in [2.05, 4.69) is 22.0 Å². The molecule has 1 saturated heterocycles. The zero-order valence-electron chi connectivity index (χ0n) is 13.1. The number of furan rings is 1. The van der Waals surface area contributed by atoms with E-state index in [0.29, 0.717) is 29.9 Å². The van der Waals surface area contributed by atoms with E-state index in [1.54, 1.807) is 18.4 Å². The fraction of sp³-hybridized carbons (Fsp3) is 0.562. The minimum Gasteiger partial charge on any atom is -0.461 e. The number of hydrogen-bond acceptors (Lipinski definition) is 6. The van der Waals surface area contributed by atoms with Gasteiger partial charge < -0.3 is 13.8 Å². The molecule has 7 nitrogen and oxygen atoms in total. The van der Waals surface area contributed by atoms with E-state index >= 15 is 0 Å². The van der Waals surface area contributed by atoms with Crippen LogP contribution in [0.15, 0.2) is 27.3 Å². The van der Waals surface area contributed by atoms with Crippen molar-refractivity contribution in [2.24, 2.45) is 5.92 Å². The number of carbonyl (C=O) groups is 1. The first-order chi connectivity index (χ1) is 11.2. The Morgan fingerprint density at radius 1 is 1.39 bits per heavy atom. The standard InChI is InChI=1S/C16H20N4O3/c1-11-9-19(6-7-20(11)16(21)12-4-5-12)10-14-17-15(18-23-14)13-3-2-8-22-13/h2-3,8,11-12H,4-7,9-10H2,1H3/t11-/m0/s1. The van der Waals surface area contributed by atoms with Gasteiger partial charge in [0.25, 0.3) is 0 Å². The van der Waals surface area contributed by atoms with Crippen LogP contribution in [0.1, 0.15) is 25.7 Å². The summed E-state index contributed by atoms with van der Waals surface area (Å²) in [6.45, 7) is 5.14. The minimum absolute atomic E-state index is 0.226. The molecule has 0 radical (unpaired) electrons. The zero-order chi connectivity index (χ0) is 15.8. The number of hydrogen-bond donors (Lipinski definition) is 0. The zero-order valence-corrected chi connectivity index (χ0v) is 13.1. The van der Waals surface area contributed by atoms with Gasteiger partial charge in [-0.1, -0.05) is 5.16 Å². The highest BCUT2D eigenvalue weighted by molar-refractivity contribution is 5.81. The summed E-state index contributed by atoms with van der Waals surface area (Å²) in [4.78, 5) is 20.9. The molecule has 1 atom stereocenters. The van der Waals surface area contributed by atoms with Gasteiger partial charge in [-0.2, -0.15) is 4.98 Å². The van der Waals surface area contributed by atoms with Crippen LogP contribution in [-0.4, -0.2) is 51.5 Å². The summed E-state index contributed by atoms with van der Waals surface area (Å²) >= 11 is 0. The monoisotopic (exact) mass is 316 g/mol. The van der Waals surface area contributed by atoms with Gasteiger partial charge in [-0.25, -0.2) is 0 Å². The molecule has 2 aromatic heterocycles. The Balaban J connectivity index is 1.36. The van der Waals surface area contributed by atoms with Crippen LogP contribution in [0, 0.1) is 5.92 Å². The topological polar surface area (TPSA) is 75.6 Å². The van der Waals surface area contributed by atoms with Crippen LogP contribution in [0.25, 0.3) is 11.6 Å². The second-order valence-electron chi connectivity index (χ2n) is 6.38. The quantitative estimate of drug-likeness (QED) is 0.856. The average molecular weight is 316 g/mol. The molecular weight excluding hydrogens is 296 g/mol. The first-order valence-corrected chi connectivity index (χ1v) is 8.10. The molecule has 1 amide bonds. The van der Waals surface area contributed by atoms with Crippen molar-refractivity contribution in [1.29, 1.82) is 0 Å². The molecule has 2 aliphatic rings. The van der Waals surface area contributed by atoms with Crippen LogP contribution in [0.3, 0.4) is 0 Å². The Morgan fingerprint density at radius 2 is 2.26 bits per heavy atom. The third kappa shape index (κ3) is 3.01. The Morgan fingerprint density at radius 3 is 2.96 bits per heavy atom. The number of piperazine rings is 1. The van der Waals surface area contributed by atoms with E-state index in [1.165, 1.54) is 0 Å². The molecule has 0 unspecified atom stereocenters. The summed E-state index contributed by atoms with van der Waals surface area (Å²) in [5.74, 6) is 2.27. The molecule has 2 aromatic rings. The highest BCUT2D eigenvalue weighted by atomic mass is 16.5. The molecule has 0 bridgehead atoms. The van der Waals surface area contributed by atoms with E-state index in [1.807, 2.05) is 4.90 Å². The van der Waals surface area contributed by atoms with E-state index in [-0.39, 0.29) is 12.0 Å². The Kier molecular flexibility index (Phi) is 3.65. The number of amides is 1. The van der Waals surface area contributed by atoms with Crippen molar-refractivity contribution in [3.63, 3.8) is 0 Å². The third-order valence-corrected chi connectivity index (χ3v) is 4.49. The molecule has 0 spiro atoms. The summed E-state index contributed by atoms with van der Waals surface area (Å²) in [5, 5.41) is 3.95. The summed E-state index contributed by atoms with van der Waals surface area (Å²) in [6, 6.07) is 3.83. The molecule has 122 valence electrons. The Hall–Kier alpha value is -2.15. The maximum absolute atomic E-state index is 12.2. The fourth-order valence-electron chi connectivity index (χ4n) is 3.09. The molecule has 7 heteroatoms. The maximum atomic E-state index is 12.2. The van der Waals surface area contributed by atoms with Crippen molar-refractivity contribution in [2.45, 2.75) is 32.4 Å². The lowest BCUT2D eigenvalue weighted by Crippen LogP contribution is -2.54. The van der Waals surface area contributed by atoms with Gasteiger partial charge in [-0.15, -0.1) is 0 Å². The second kappa shape index (κ2) is 5.81. The van der Waals surface area contributed by atoms with Gasteiger partial charge in [0.15, 0.2) is 5.76 Å². The molecule has 1 saturated carbocycles. The van der Waals surface area contributed by atoms with E-state index in [9.17, 15) is 4.79 Å². The predicted octanol–water partition coefficient (Wildman–Crippen LogP) is 1.77. The van der Waals surface area contributed by atoms with Crippen LogP contribution < -0.4 is 0 Å². The maximum Gasteiger partial charge on any atom is 0.241 e. The van der Waals surface area contributed by atoms with E-state index < -0.39 is 0 Å². The molecule has 0 N–H and O–H groups in total. The van der Waals surface area contributed by atoms with Gasteiger partial charge >= 0.3 is 0 Å². The van der Waals surface area contributed by atoms with Crippen LogP contribution >= 0.6 is 0 Å². The van der Waals surface area contributed by atoms with Gasteiger partial charge in [0, 0.05) is 31.6 Å². The lowest BCUT2D eigenvalue weighted by atomic mass is 10.1. The lowest BCUT2D eigenvalue weighted by Gasteiger charge is -2.39. The third-order valence-electron chi connectivity index (χ3n) is 4.49. The second-order valence-corrected chi connectivity index (χ2v) is 6.38. The molecule has 2 fully saturated rings. The number of rotatable bonds is 4. The summed E-state index contributed by atoms with van der Waals surface area (Å²) < 4.78 is 10.6. The summed E-state index contributed by atoms with van der Waals surface area (Å²) in [6.07, 6.45) is 3.70. The van der Waals surface area contributed by atoms with Crippen molar-refractivity contribution in [3.8, 4) is 11.6 Å². The van der Waals surface area contributed by atoms with Crippen LogP contribution in [0.5, 0.6) is 0 Å². The Labute approximate surface area is 134 Å². The van der Waals surface area contributed by atoms with Gasteiger partial charge in [0.2, 0.25) is 17.6 Å². The van der Waals surface area contributed by atoms with Crippen molar-refractivity contribution >= 4 is 5.91 Å². The first-order valence-electron chi connectivity index (χ1n) is 8.10. The molecular formula is C16H20N4O3. The molecule has 0 aromatic carbocycles. The Bertz CT molecular complexity index is 677. The summed E-state index contributed by atoms with van der Waals surface area (Å²) in [5.41, 5.74) is 0. The first kappa shape index (κ1) is 14.4. The molecule has 1 aliphatic carbocycles. The SMILES string of the molecule is C[C@H]1CN(Cc2nc(-c3ccco3)no2)CCN1C(=O)C1CC1. The van der Waals surface area contributed by atoms with Gasteiger partial charge in [-0.05, 0) is 31.9 Å². The van der Waals surface area contributed by atoms with Crippen LogP contribution in [-0.2, 0) is 11.3 Å². The van der Waals surface area contributed by atoms with Gasteiger partial charge in [0.05, 0.1) is 12.8 Å². The van der Waals surface area contributed by atoms with Crippen LogP contribution in [0.2, 0.25) is 0 Å².